The second-order valence-corrected chi connectivity index (χ2v) is 24.5. The van der Waals surface area contributed by atoms with Crippen molar-refractivity contribution in [1.82, 2.24) is 0 Å². The van der Waals surface area contributed by atoms with Gasteiger partial charge in [0, 0.05) is 12.8 Å². The summed E-state index contributed by atoms with van der Waals surface area (Å²) < 4.78 is 22.8. The van der Waals surface area contributed by atoms with E-state index in [4.69, 9.17) is 18.9 Å². The highest BCUT2D eigenvalue weighted by atomic mass is 16.7. The van der Waals surface area contributed by atoms with E-state index in [9.17, 15) is 19.5 Å². The third-order valence-corrected chi connectivity index (χ3v) is 15.4. The van der Waals surface area contributed by atoms with Crippen LogP contribution in [-0.4, -0.2) is 82.3 Å². The zero-order valence-corrected chi connectivity index (χ0v) is 53.0. The summed E-state index contributed by atoms with van der Waals surface area (Å²) in [4.78, 5) is 37.4. The molecule has 0 spiro atoms. The van der Waals surface area contributed by atoms with Crippen LogP contribution in [0.25, 0.3) is 0 Å². The smallest absolute Gasteiger partial charge is 0.306 e. The topological polar surface area (TPSA) is 111 Å². The number of carbonyl (C=O) groups excluding carboxylic acids is 3. The van der Waals surface area contributed by atoms with E-state index in [1.54, 1.807) is 0 Å². The summed E-state index contributed by atoms with van der Waals surface area (Å²) in [6.45, 7) is 4.76. The number of nitrogens with zero attached hydrogens (tertiary/aromatic N) is 1. The van der Waals surface area contributed by atoms with E-state index in [-0.39, 0.29) is 32.2 Å². The molecule has 0 N–H and O–H groups in total. The number of hydrogen-bond acceptors (Lipinski definition) is 8. The van der Waals surface area contributed by atoms with Gasteiger partial charge in [0.2, 0.25) is 0 Å². The standard InChI is InChI=1S/C70H131NO8/c1-6-8-10-12-14-16-18-20-22-24-26-27-28-29-30-31-32-33-34-35-36-37-38-39-40-41-43-44-46-48-50-52-54-56-58-60-67(72)77-64-66(65-78-70(69(74)75)76-63-62-71(3,4)5)79-68(73)61-59-57-55-53-51-49-47-45-42-25-23-21-19-17-15-13-11-9-7-2/h15,17,21,23,42,45,66,70H,6-14,16,18-20,22,24-41,43-44,46-65H2,1-5H3/b17-15-,23-21-,45-42-. The van der Waals surface area contributed by atoms with E-state index in [0.717, 1.165) is 70.6 Å². The number of esters is 2. The molecule has 0 aliphatic carbocycles. The Kier molecular flexibility index (Phi) is 59.6. The number of carboxylic acid groups (broad SMARTS) is 1. The van der Waals surface area contributed by atoms with Gasteiger partial charge in [0.05, 0.1) is 40.3 Å². The van der Waals surface area contributed by atoms with Gasteiger partial charge < -0.3 is 33.3 Å². The average molecular weight is 1110 g/mol. The summed E-state index contributed by atoms with van der Waals surface area (Å²) in [7, 11) is 5.93. The van der Waals surface area contributed by atoms with Crippen LogP contribution < -0.4 is 5.11 Å². The van der Waals surface area contributed by atoms with Crippen molar-refractivity contribution in [1.29, 1.82) is 0 Å². The number of carbonyl (C=O) groups is 3. The summed E-state index contributed by atoms with van der Waals surface area (Å²) in [5.74, 6) is -2.28. The molecule has 79 heavy (non-hydrogen) atoms. The molecule has 0 aliphatic rings. The maximum absolute atomic E-state index is 12.9. The van der Waals surface area contributed by atoms with Gasteiger partial charge in [0.25, 0.3) is 0 Å². The third-order valence-electron chi connectivity index (χ3n) is 15.4. The Bertz CT molecular complexity index is 1390. The maximum Gasteiger partial charge on any atom is 0.306 e. The molecule has 0 bridgehead atoms. The molecule has 0 amide bonds. The van der Waals surface area contributed by atoms with Crippen LogP contribution in [0.2, 0.25) is 0 Å². The number of unbranched alkanes of at least 4 members (excludes halogenated alkanes) is 43. The van der Waals surface area contributed by atoms with Crippen LogP contribution in [0, 0.1) is 0 Å². The van der Waals surface area contributed by atoms with Crippen molar-refractivity contribution in [2.45, 2.75) is 347 Å². The van der Waals surface area contributed by atoms with Gasteiger partial charge in [-0.1, -0.05) is 307 Å². The van der Waals surface area contributed by atoms with Crippen LogP contribution in [0.4, 0.5) is 0 Å². The van der Waals surface area contributed by atoms with E-state index in [0.29, 0.717) is 23.9 Å². The van der Waals surface area contributed by atoms with Gasteiger partial charge in [-0.2, -0.15) is 0 Å². The summed E-state index contributed by atoms with van der Waals surface area (Å²) in [5.41, 5.74) is 0. The van der Waals surface area contributed by atoms with Crippen molar-refractivity contribution in [3.63, 3.8) is 0 Å². The summed E-state index contributed by atoms with van der Waals surface area (Å²) in [5, 5.41) is 11.8. The van der Waals surface area contributed by atoms with Crippen molar-refractivity contribution in [2.75, 3.05) is 47.5 Å². The second-order valence-electron chi connectivity index (χ2n) is 24.5. The lowest BCUT2D eigenvalue weighted by Gasteiger charge is -2.26. The first-order chi connectivity index (χ1) is 38.6. The zero-order valence-electron chi connectivity index (χ0n) is 53.0. The molecule has 0 aromatic carbocycles. The molecule has 2 atom stereocenters. The Morgan fingerprint density at radius 3 is 1.04 bits per heavy atom. The number of quaternary nitrogens is 1. The predicted molar refractivity (Wildman–Crippen MR) is 334 cm³/mol. The van der Waals surface area contributed by atoms with E-state index >= 15 is 0 Å². The fourth-order valence-corrected chi connectivity index (χ4v) is 10.1. The molecular weight excluding hydrogens is 983 g/mol. The number of rotatable bonds is 64. The van der Waals surface area contributed by atoms with E-state index in [1.165, 1.54) is 231 Å². The maximum atomic E-state index is 12.9. The number of aliphatic carboxylic acids is 1. The van der Waals surface area contributed by atoms with E-state index in [2.05, 4.69) is 50.3 Å². The molecular formula is C70H131NO8. The number of hydrogen-bond donors (Lipinski definition) is 0. The molecule has 464 valence electrons. The Morgan fingerprint density at radius 2 is 0.684 bits per heavy atom. The number of allylic oxidation sites excluding steroid dienone is 6. The highest BCUT2D eigenvalue weighted by molar-refractivity contribution is 5.70. The Labute approximate surface area is 490 Å². The van der Waals surface area contributed by atoms with E-state index < -0.39 is 24.3 Å². The number of carboxylic acids is 1. The van der Waals surface area contributed by atoms with Gasteiger partial charge in [-0.15, -0.1) is 0 Å². The fraction of sp³-hybridized carbons (Fsp3) is 0.871. The Balaban J connectivity index is 4.01. The highest BCUT2D eigenvalue weighted by Crippen LogP contribution is 2.19. The van der Waals surface area contributed by atoms with Crippen LogP contribution in [0.5, 0.6) is 0 Å². The van der Waals surface area contributed by atoms with Gasteiger partial charge in [-0.05, 0) is 51.4 Å². The molecule has 0 saturated heterocycles. The van der Waals surface area contributed by atoms with Crippen molar-refractivity contribution in [3.8, 4) is 0 Å². The molecule has 0 aliphatic heterocycles. The first kappa shape index (κ1) is 76.5. The van der Waals surface area contributed by atoms with Gasteiger partial charge in [0.15, 0.2) is 12.4 Å². The first-order valence-corrected chi connectivity index (χ1v) is 34.1. The molecule has 0 saturated carbocycles. The highest BCUT2D eigenvalue weighted by Gasteiger charge is 2.22. The normalized spacial score (nSPS) is 12.9. The molecule has 9 nitrogen and oxygen atoms in total. The lowest BCUT2D eigenvalue weighted by molar-refractivity contribution is -0.870. The fourth-order valence-electron chi connectivity index (χ4n) is 10.1. The largest absolute Gasteiger partial charge is 0.545 e. The molecule has 0 radical (unpaired) electrons. The number of ether oxygens (including phenoxy) is 4. The van der Waals surface area contributed by atoms with Crippen LogP contribution in [0.3, 0.4) is 0 Å². The van der Waals surface area contributed by atoms with Crippen LogP contribution >= 0.6 is 0 Å². The van der Waals surface area contributed by atoms with Gasteiger partial charge in [-0.3, -0.25) is 9.59 Å². The quantitative estimate of drug-likeness (QED) is 0.0195. The van der Waals surface area contributed by atoms with Gasteiger partial charge in [-0.25, -0.2) is 0 Å². The van der Waals surface area contributed by atoms with Crippen molar-refractivity contribution in [2.24, 2.45) is 0 Å². The SMILES string of the molecule is CCCCC/C=C\C/C=C\C/C=C\CCCCCCCCC(=O)OC(COC(=O)CCCCCCCCCCCCCCCCCCCCCCCCCCCCCCCCCCCCC)COC(OCC[N+](C)(C)C)C(=O)[O-]. The second kappa shape index (κ2) is 61.6. The average Bonchev–Trinajstić information content (AvgIpc) is 3.42. The van der Waals surface area contributed by atoms with E-state index in [1.807, 2.05) is 21.1 Å². The summed E-state index contributed by atoms with van der Waals surface area (Å²) in [6, 6.07) is 0. The third kappa shape index (κ3) is 63.0. The molecule has 0 fully saturated rings. The molecule has 0 aromatic rings. The van der Waals surface area contributed by atoms with Crippen LogP contribution in [0.1, 0.15) is 335 Å². The lowest BCUT2D eigenvalue weighted by atomic mass is 10.0. The van der Waals surface area contributed by atoms with Gasteiger partial charge >= 0.3 is 11.9 Å². The van der Waals surface area contributed by atoms with Crippen molar-refractivity contribution < 1.29 is 42.9 Å². The minimum absolute atomic E-state index is 0.146. The zero-order chi connectivity index (χ0) is 57.6. The van der Waals surface area contributed by atoms with Gasteiger partial charge in [0.1, 0.15) is 13.2 Å². The minimum Gasteiger partial charge on any atom is -0.545 e. The molecule has 0 aromatic heterocycles. The number of likely N-dealkylation sites (N-methyl/N-ethyl adjacent to an activating group) is 1. The van der Waals surface area contributed by atoms with Crippen LogP contribution in [0.15, 0.2) is 36.5 Å². The van der Waals surface area contributed by atoms with Crippen molar-refractivity contribution >= 4 is 17.9 Å². The monoisotopic (exact) mass is 1110 g/mol. The Morgan fingerprint density at radius 1 is 0.380 bits per heavy atom. The Hall–Kier alpha value is -2.49. The molecule has 9 heteroatoms. The summed E-state index contributed by atoms with van der Waals surface area (Å²) in [6.07, 6.45) is 73.8. The molecule has 0 heterocycles. The predicted octanol–water partition coefficient (Wildman–Crippen LogP) is 19.5. The molecule has 2 unspecified atom stereocenters. The van der Waals surface area contributed by atoms with Crippen molar-refractivity contribution in [3.05, 3.63) is 36.5 Å². The molecule has 0 rings (SSSR count). The first-order valence-electron chi connectivity index (χ1n) is 34.1. The minimum atomic E-state index is -1.62. The van der Waals surface area contributed by atoms with Crippen LogP contribution in [-0.2, 0) is 33.3 Å². The summed E-state index contributed by atoms with van der Waals surface area (Å²) >= 11 is 0. The lowest BCUT2D eigenvalue weighted by Crippen LogP contribution is -2.44.